The number of carbonyl (C=O) groups excluding carboxylic acids is 2. The highest BCUT2D eigenvalue weighted by atomic mass is 16.1. The summed E-state index contributed by atoms with van der Waals surface area (Å²) in [6.07, 6.45) is 0. The monoisotopic (exact) mass is 279 g/mol. The van der Waals surface area contributed by atoms with Crippen LogP contribution in [0.3, 0.4) is 0 Å². The Morgan fingerprint density at radius 3 is 2.10 bits per heavy atom. The molecule has 3 heteroatoms. The maximum atomic E-state index is 12.2. The Balaban J connectivity index is 2.04. The number of rotatable bonds is 5. The molecule has 0 heterocycles. The van der Waals surface area contributed by atoms with Gasteiger partial charge in [-0.05, 0) is 12.5 Å². The summed E-state index contributed by atoms with van der Waals surface area (Å²) in [6.45, 7) is 5.67. The van der Waals surface area contributed by atoms with Gasteiger partial charge in [-0.15, -0.1) is 0 Å². The van der Waals surface area contributed by atoms with Crippen LogP contribution in [-0.2, 0) is 11.3 Å². The molecule has 0 aromatic heterocycles. The molecule has 0 spiro atoms. The summed E-state index contributed by atoms with van der Waals surface area (Å²) < 4.78 is 0. The number of hydrogen-bond acceptors (Lipinski definition) is 2. The van der Waals surface area contributed by atoms with Gasteiger partial charge in [0.25, 0.3) is 0 Å². The minimum absolute atomic E-state index is 0.00637. The maximum absolute atomic E-state index is 12.2. The normalized spacial score (nSPS) is 9.95. The molecule has 0 aliphatic rings. The Bertz CT molecular complexity index is 657. The van der Waals surface area contributed by atoms with Crippen molar-refractivity contribution >= 4 is 11.7 Å². The van der Waals surface area contributed by atoms with E-state index >= 15 is 0 Å². The molecule has 0 saturated heterocycles. The lowest BCUT2D eigenvalue weighted by Gasteiger charge is -2.06. The Kier molecular flexibility index (Phi) is 4.67. The molecule has 0 radical (unpaired) electrons. The third kappa shape index (κ3) is 3.89. The predicted molar refractivity (Wildman–Crippen MR) is 83.0 cm³/mol. The molecule has 2 aromatic rings. The fraction of sp³-hybridized carbons (Fsp3) is 0.111. The number of benzene rings is 2. The van der Waals surface area contributed by atoms with Crippen LogP contribution in [0, 0.1) is 0 Å². The van der Waals surface area contributed by atoms with Crippen molar-refractivity contribution in [3.05, 3.63) is 83.4 Å². The average Bonchev–Trinajstić information content (AvgIpc) is 2.53. The summed E-state index contributed by atoms with van der Waals surface area (Å²) in [4.78, 5) is 23.6. The average molecular weight is 279 g/mol. The molecular formula is C18H17NO2. The SMILES string of the molecule is C=C(C)C(=O)NCc1ccc(C(=O)c2ccccc2)cc1. The van der Waals surface area contributed by atoms with Gasteiger partial charge in [0.15, 0.2) is 5.78 Å². The van der Waals surface area contributed by atoms with Gasteiger partial charge in [0.1, 0.15) is 0 Å². The maximum Gasteiger partial charge on any atom is 0.246 e. The first-order valence-corrected chi connectivity index (χ1v) is 6.70. The molecule has 0 saturated carbocycles. The lowest BCUT2D eigenvalue weighted by Crippen LogP contribution is -2.22. The minimum Gasteiger partial charge on any atom is -0.348 e. The molecular weight excluding hydrogens is 262 g/mol. The van der Waals surface area contributed by atoms with Crippen molar-refractivity contribution in [1.29, 1.82) is 0 Å². The van der Waals surface area contributed by atoms with Crippen LogP contribution in [0.4, 0.5) is 0 Å². The number of nitrogens with one attached hydrogen (secondary N) is 1. The highest BCUT2D eigenvalue weighted by molar-refractivity contribution is 6.08. The molecule has 21 heavy (non-hydrogen) atoms. The van der Waals surface area contributed by atoms with Crippen molar-refractivity contribution in [2.24, 2.45) is 0 Å². The molecule has 2 rings (SSSR count). The van der Waals surface area contributed by atoms with E-state index in [0.717, 1.165) is 5.56 Å². The third-order valence-corrected chi connectivity index (χ3v) is 3.09. The van der Waals surface area contributed by atoms with Gasteiger partial charge in [0.2, 0.25) is 5.91 Å². The predicted octanol–water partition coefficient (Wildman–Crippen LogP) is 3.11. The summed E-state index contributed by atoms with van der Waals surface area (Å²) in [5.74, 6) is -0.174. The largest absolute Gasteiger partial charge is 0.348 e. The zero-order valence-corrected chi connectivity index (χ0v) is 11.9. The Morgan fingerprint density at radius 2 is 1.52 bits per heavy atom. The molecule has 0 bridgehead atoms. The van der Waals surface area contributed by atoms with E-state index in [4.69, 9.17) is 0 Å². The molecule has 0 aliphatic carbocycles. The molecule has 1 amide bonds. The highest BCUT2D eigenvalue weighted by Gasteiger charge is 2.08. The molecule has 0 fully saturated rings. The van der Waals surface area contributed by atoms with E-state index in [2.05, 4.69) is 11.9 Å². The van der Waals surface area contributed by atoms with Crippen molar-refractivity contribution < 1.29 is 9.59 Å². The van der Waals surface area contributed by atoms with Gasteiger partial charge >= 0.3 is 0 Å². The van der Waals surface area contributed by atoms with Crippen LogP contribution in [0.2, 0.25) is 0 Å². The van der Waals surface area contributed by atoms with Crippen LogP contribution in [0.25, 0.3) is 0 Å². The Labute approximate surface area is 124 Å². The summed E-state index contributed by atoms with van der Waals surface area (Å²) in [7, 11) is 0. The Morgan fingerprint density at radius 1 is 0.952 bits per heavy atom. The zero-order chi connectivity index (χ0) is 15.2. The van der Waals surface area contributed by atoms with Crippen LogP contribution in [-0.4, -0.2) is 11.7 Å². The standard InChI is InChI=1S/C18H17NO2/c1-13(2)18(21)19-12-14-8-10-16(11-9-14)17(20)15-6-4-3-5-7-15/h3-11H,1,12H2,2H3,(H,19,21). The van der Waals surface area contributed by atoms with Crippen molar-refractivity contribution in [3.63, 3.8) is 0 Å². The number of carbonyl (C=O) groups is 2. The van der Waals surface area contributed by atoms with Crippen LogP contribution in [0.5, 0.6) is 0 Å². The second-order valence-corrected chi connectivity index (χ2v) is 4.86. The van der Waals surface area contributed by atoms with Gasteiger partial charge < -0.3 is 5.32 Å². The fourth-order valence-corrected chi connectivity index (χ4v) is 1.86. The van der Waals surface area contributed by atoms with Crippen molar-refractivity contribution in [2.45, 2.75) is 13.5 Å². The first-order chi connectivity index (χ1) is 10.1. The number of amides is 1. The summed E-state index contributed by atoms with van der Waals surface area (Å²) in [5.41, 5.74) is 2.72. The van der Waals surface area contributed by atoms with Crippen LogP contribution in [0.15, 0.2) is 66.7 Å². The van der Waals surface area contributed by atoms with Crippen LogP contribution < -0.4 is 5.32 Å². The van der Waals surface area contributed by atoms with E-state index in [1.807, 2.05) is 30.3 Å². The molecule has 106 valence electrons. The Hall–Kier alpha value is -2.68. The second-order valence-electron chi connectivity index (χ2n) is 4.86. The van der Waals surface area contributed by atoms with Gasteiger partial charge in [-0.2, -0.15) is 0 Å². The highest BCUT2D eigenvalue weighted by Crippen LogP contribution is 2.11. The quantitative estimate of drug-likeness (QED) is 0.675. The molecule has 2 aromatic carbocycles. The van der Waals surface area contributed by atoms with Gasteiger partial charge in [-0.3, -0.25) is 9.59 Å². The molecule has 1 N–H and O–H groups in total. The topological polar surface area (TPSA) is 46.2 Å². The lowest BCUT2D eigenvalue weighted by molar-refractivity contribution is -0.117. The van der Waals surface area contributed by atoms with Crippen LogP contribution >= 0.6 is 0 Å². The van der Waals surface area contributed by atoms with Crippen molar-refractivity contribution in [1.82, 2.24) is 5.32 Å². The molecule has 0 unspecified atom stereocenters. The van der Waals surface area contributed by atoms with E-state index in [-0.39, 0.29) is 11.7 Å². The smallest absolute Gasteiger partial charge is 0.246 e. The van der Waals surface area contributed by atoms with E-state index < -0.39 is 0 Å². The van der Waals surface area contributed by atoms with Crippen molar-refractivity contribution in [2.75, 3.05) is 0 Å². The summed E-state index contributed by atoms with van der Waals surface area (Å²) in [6, 6.07) is 16.4. The van der Waals surface area contributed by atoms with Crippen molar-refractivity contribution in [3.8, 4) is 0 Å². The summed E-state index contributed by atoms with van der Waals surface area (Å²) in [5, 5.41) is 2.76. The zero-order valence-electron chi connectivity index (χ0n) is 11.9. The van der Waals surface area contributed by atoms with E-state index in [1.165, 1.54) is 0 Å². The number of hydrogen-bond donors (Lipinski definition) is 1. The first-order valence-electron chi connectivity index (χ1n) is 6.70. The lowest BCUT2D eigenvalue weighted by atomic mass is 10.0. The third-order valence-electron chi connectivity index (χ3n) is 3.09. The van der Waals surface area contributed by atoms with E-state index in [0.29, 0.717) is 23.2 Å². The van der Waals surface area contributed by atoms with Crippen LogP contribution in [0.1, 0.15) is 28.4 Å². The first kappa shape index (κ1) is 14.7. The second kappa shape index (κ2) is 6.66. The molecule has 0 atom stereocenters. The fourth-order valence-electron chi connectivity index (χ4n) is 1.86. The molecule has 3 nitrogen and oxygen atoms in total. The van der Waals surface area contributed by atoms with Gasteiger partial charge in [-0.25, -0.2) is 0 Å². The van der Waals surface area contributed by atoms with Gasteiger partial charge in [0.05, 0.1) is 0 Å². The number of ketones is 1. The van der Waals surface area contributed by atoms with Gasteiger partial charge in [-0.1, -0.05) is 61.2 Å². The molecule has 0 aliphatic heterocycles. The van der Waals surface area contributed by atoms with E-state index in [1.54, 1.807) is 31.2 Å². The summed E-state index contributed by atoms with van der Waals surface area (Å²) >= 11 is 0. The van der Waals surface area contributed by atoms with Gasteiger partial charge in [0, 0.05) is 23.2 Å². The van der Waals surface area contributed by atoms with E-state index in [9.17, 15) is 9.59 Å². The minimum atomic E-state index is -0.167.